The van der Waals surface area contributed by atoms with Crippen molar-refractivity contribution < 1.29 is 0 Å². The van der Waals surface area contributed by atoms with Crippen LogP contribution in [0.1, 0.15) is 23.6 Å². The van der Waals surface area contributed by atoms with Crippen molar-refractivity contribution in [2.45, 2.75) is 18.9 Å². The van der Waals surface area contributed by atoms with Crippen LogP contribution in [0.4, 0.5) is 0 Å². The van der Waals surface area contributed by atoms with E-state index in [0.29, 0.717) is 5.92 Å². The topological polar surface area (TPSA) is 29.0 Å². The third kappa shape index (κ3) is 2.55. The largest absolute Gasteiger partial charge is 0.297 e. The first-order chi connectivity index (χ1) is 8.83. The van der Waals surface area contributed by atoms with E-state index >= 15 is 0 Å². The number of rotatable bonds is 3. The molecule has 3 rings (SSSR count). The molecule has 3 nitrogen and oxygen atoms in total. The van der Waals surface area contributed by atoms with E-state index in [0.717, 1.165) is 29.7 Å². The molecule has 94 valence electrons. The Kier molecular flexibility index (Phi) is 3.59. The summed E-state index contributed by atoms with van der Waals surface area (Å²) >= 11 is 7.30. The predicted octanol–water partition coefficient (Wildman–Crippen LogP) is 3.18. The van der Waals surface area contributed by atoms with Gasteiger partial charge >= 0.3 is 0 Å². The average molecular weight is 280 g/mol. The summed E-state index contributed by atoms with van der Waals surface area (Å²) < 4.78 is 4.59. The Morgan fingerprint density at radius 2 is 2.17 bits per heavy atom. The van der Waals surface area contributed by atoms with Gasteiger partial charge < -0.3 is 0 Å². The minimum Gasteiger partial charge on any atom is -0.297 e. The zero-order valence-corrected chi connectivity index (χ0v) is 11.5. The van der Waals surface area contributed by atoms with Crippen LogP contribution in [-0.4, -0.2) is 27.6 Å². The van der Waals surface area contributed by atoms with Crippen molar-refractivity contribution in [3.8, 4) is 0 Å². The molecule has 1 aromatic carbocycles. The van der Waals surface area contributed by atoms with E-state index in [-0.39, 0.29) is 0 Å². The van der Waals surface area contributed by atoms with Crippen molar-refractivity contribution in [1.29, 1.82) is 0 Å². The number of hydrogen-bond acceptors (Lipinski definition) is 4. The fourth-order valence-corrected chi connectivity index (χ4v) is 3.09. The molecule has 1 unspecified atom stereocenters. The van der Waals surface area contributed by atoms with E-state index in [4.69, 9.17) is 11.6 Å². The summed E-state index contributed by atoms with van der Waals surface area (Å²) in [6, 6.07) is 10.7. The van der Waals surface area contributed by atoms with Crippen molar-refractivity contribution in [1.82, 2.24) is 14.5 Å². The van der Waals surface area contributed by atoms with Gasteiger partial charge in [-0.15, -0.1) is 5.10 Å². The van der Waals surface area contributed by atoms with Crippen LogP contribution >= 0.6 is 23.1 Å². The minimum atomic E-state index is 0.636. The Balaban J connectivity index is 1.64. The number of likely N-dealkylation sites (tertiary alicyclic amines) is 1. The number of aromatic nitrogens is 2. The molecule has 1 aliphatic rings. The van der Waals surface area contributed by atoms with E-state index in [2.05, 4.69) is 44.8 Å². The molecule has 5 heteroatoms. The highest BCUT2D eigenvalue weighted by Gasteiger charge is 2.24. The Bertz CT molecular complexity index is 514. The fourth-order valence-electron chi connectivity index (χ4n) is 2.48. The molecule has 0 saturated carbocycles. The lowest BCUT2D eigenvalue weighted by Crippen LogP contribution is -2.20. The quantitative estimate of drug-likeness (QED) is 0.864. The highest BCUT2D eigenvalue weighted by atomic mass is 35.5. The molecule has 0 amide bonds. The van der Waals surface area contributed by atoms with Crippen LogP contribution in [0, 0.1) is 0 Å². The lowest BCUT2D eigenvalue weighted by molar-refractivity contribution is 0.322. The van der Waals surface area contributed by atoms with Gasteiger partial charge in [-0.2, -0.15) is 0 Å². The van der Waals surface area contributed by atoms with E-state index in [1.807, 2.05) is 0 Å². The standard InChI is InChI=1S/C13H14ClN3S/c14-13-12(15-16-18-13)9-17-7-6-11(8-17)10-4-2-1-3-5-10/h1-5,11H,6-9H2. The molecule has 0 bridgehead atoms. The first kappa shape index (κ1) is 12.1. The van der Waals surface area contributed by atoms with Crippen molar-refractivity contribution in [3.63, 3.8) is 0 Å². The summed E-state index contributed by atoms with van der Waals surface area (Å²) in [4.78, 5) is 2.40. The van der Waals surface area contributed by atoms with E-state index in [9.17, 15) is 0 Å². The van der Waals surface area contributed by atoms with Crippen LogP contribution in [0.3, 0.4) is 0 Å². The molecular weight excluding hydrogens is 266 g/mol. The number of halogens is 1. The van der Waals surface area contributed by atoms with Gasteiger partial charge in [0.2, 0.25) is 0 Å². The van der Waals surface area contributed by atoms with E-state index in [1.54, 1.807) is 0 Å². The zero-order chi connectivity index (χ0) is 12.4. The molecule has 1 aromatic heterocycles. The first-order valence-electron chi connectivity index (χ1n) is 6.07. The monoisotopic (exact) mass is 279 g/mol. The van der Waals surface area contributed by atoms with Crippen LogP contribution < -0.4 is 0 Å². The average Bonchev–Trinajstić information content (AvgIpc) is 3.02. The maximum absolute atomic E-state index is 6.04. The van der Waals surface area contributed by atoms with Gasteiger partial charge in [-0.1, -0.05) is 46.4 Å². The Morgan fingerprint density at radius 1 is 1.33 bits per heavy atom. The summed E-state index contributed by atoms with van der Waals surface area (Å²) in [6.45, 7) is 3.00. The van der Waals surface area contributed by atoms with Crippen molar-refractivity contribution in [2.24, 2.45) is 0 Å². The maximum atomic E-state index is 6.04. The molecule has 0 radical (unpaired) electrons. The number of benzene rings is 1. The van der Waals surface area contributed by atoms with Gasteiger partial charge in [0.1, 0.15) is 10.0 Å². The summed E-state index contributed by atoms with van der Waals surface area (Å²) in [5, 5.41) is 4.07. The predicted molar refractivity (Wildman–Crippen MR) is 74.0 cm³/mol. The van der Waals surface area contributed by atoms with Crippen molar-refractivity contribution in [3.05, 3.63) is 45.9 Å². The molecule has 0 N–H and O–H groups in total. The Morgan fingerprint density at radius 3 is 2.89 bits per heavy atom. The second-order valence-electron chi connectivity index (χ2n) is 4.62. The lowest BCUT2D eigenvalue weighted by atomic mass is 9.99. The lowest BCUT2D eigenvalue weighted by Gasteiger charge is -2.14. The highest BCUT2D eigenvalue weighted by Crippen LogP contribution is 2.29. The normalized spacial score (nSPS) is 20.4. The van der Waals surface area contributed by atoms with Crippen LogP contribution in [-0.2, 0) is 6.54 Å². The molecule has 1 aliphatic heterocycles. The second-order valence-corrected chi connectivity index (χ2v) is 5.98. The van der Waals surface area contributed by atoms with Gasteiger partial charge in [0, 0.05) is 24.6 Å². The second kappa shape index (κ2) is 5.34. The molecule has 2 heterocycles. The molecule has 1 saturated heterocycles. The van der Waals surface area contributed by atoms with Gasteiger partial charge in [0.25, 0.3) is 0 Å². The van der Waals surface area contributed by atoms with E-state index < -0.39 is 0 Å². The first-order valence-corrected chi connectivity index (χ1v) is 7.22. The van der Waals surface area contributed by atoms with Gasteiger partial charge in [-0.25, -0.2) is 0 Å². The van der Waals surface area contributed by atoms with Gasteiger partial charge in [-0.3, -0.25) is 4.90 Å². The van der Waals surface area contributed by atoms with Crippen LogP contribution in [0.15, 0.2) is 30.3 Å². The summed E-state index contributed by atoms with van der Waals surface area (Å²) in [6.07, 6.45) is 1.21. The fraction of sp³-hybridized carbons (Fsp3) is 0.385. The zero-order valence-electron chi connectivity index (χ0n) is 9.92. The summed E-state index contributed by atoms with van der Waals surface area (Å²) in [7, 11) is 0. The van der Waals surface area contributed by atoms with Gasteiger partial charge in [0.15, 0.2) is 0 Å². The minimum absolute atomic E-state index is 0.636. The van der Waals surface area contributed by atoms with Crippen LogP contribution in [0.25, 0.3) is 0 Å². The van der Waals surface area contributed by atoms with Crippen LogP contribution in [0.5, 0.6) is 0 Å². The van der Waals surface area contributed by atoms with E-state index in [1.165, 1.54) is 23.5 Å². The maximum Gasteiger partial charge on any atom is 0.138 e. The van der Waals surface area contributed by atoms with Crippen molar-refractivity contribution >= 4 is 23.1 Å². The van der Waals surface area contributed by atoms with Gasteiger partial charge in [-0.05, 0) is 24.4 Å². The summed E-state index contributed by atoms with van der Waals surface area (Å²) in [5.74, 6) is 0.636. The SMILES string of the molecule is Clc1snnc1CN1CCC(c2ccccc2)C1. The number of hydrogen-bond donors (Lipinski definition) is 0. The number of nitrogens with zero attached hydrogens (tertiary/aromatic N) is 3. The molecule has 2 aromatic rings. The van der Waals surface area contributed by atoms with Crippen molar-refractivity contribution in [2.75, 3.05) is 13.1 Å². The Hall–Kier alpha value is -0.970. The smallest absolute Gasteiger partial charge is 0.138 e. The third-order valence-corrected chi connectivity index (χ3v) is 4.41. The Labute approximate surface area is 116 Å². The molecule has 18 heavy (non-hydrogen) atoms. The highest BCUT2D eigenvalue weighted by molar-refractivity contribution is 7.10. The molecule has 0 spiro atoms. The molecular formula is C13H14ClN3S. The van der Waals surface area contributed by atoms with Crippen LogP contribution in [0.2, 0.25) is 4.34 Å². The third-order valence-electron chi connectivity index (χ3n) is 3.43. The molecule has 1 fully saturated rings. The molecule has 1 atom stereocenters. The summed E-state index contributed by atoms with van der Waals surface area (Å²) in [5.41, 5.74) is 2.35. The van der Waals surface area contributed by atoms with Gasteiger partial charge in [0.05, 0.1) is 0 Å². The molecule has 0 aliphatic carbocycles.